The van der Waals surface area contributed by atoms with Gasteiger partial charge in [0.1, 0.15) is 0 Å². The lowest BCUT2D eigenvalue weighted by Gasteiger charge is -2.26. The van der Waals surface area contributed by atoms with Gasteiger partial charge < -0.3 is 24.4 Å². The molecule has 152 valence electrons. The van der Waals surface area contributed by atoms with Crippen molar-refractivity contribution in [1.82, 2.24) is 0 Å². The lowest BCUT2D eigenvalue weighted by Crippen LogP contribution is -2.32. The van der Waals surface area contributed by atoms with Crippen molar-refractivity contribution in [3.05, 3.63) is 41.0 Å². The molecule has 2 aliphatic heterocycles. The predicted octanol–water partition coefficient (Wildman–Crippen LogP) is 3.36. The van der Waals surface area contributed by atoms with Crippen molar-refractivity contribution in [1.29, 1.82) is 0 Å². The summed E-state index contributed by atoms with van der Waals surface area (Å²) in [6, 6.07) is 7.10. The molecule has 0 spiro atoms. The Labute approximate surface area is 169 Å². The normalized spacial score (nSPS) is 17.0. The highest BCUT2D eigenvalue weighted by atomic mass is 16.5. The fourth-order valence-electron chi connectivity index (χ4n) is 4.18. The van der Waals surface area contributed by atoms with Gasteiger partial charge in [-0.1, -0.05) is 0 Å². The summed E-state index contributed by atoms with van der Waals surface area (Å²) in [6.07, 6.45) is 1.82. The van der Waals surface area contributed by atoms with E-state index in [0.29, 0.717) is 28.5 Å². The smallest absolute Gasteiger partial charge is 0.255 e. The monoisotopic (exact) mass is 396 g/mol. The van der Waals surface area contributed by atoms with Gasteiger partial charge in [0.25, 0.3) is 5.91 Å². The number of nitrogens with one attached hydrogen (secondary N) is 1. The number of carbonyl (C=O) groups is 2. The molecule has 0 saturated heterocycles. The van der Waals surface area contributed by atoms with Crippen LogP contribution in [0.2, 0.25) is 0 Å². The van der Waals surface area contributed by atoms with Gasteiger partial charge in [-0.2, -0.15) is 0 Å². The van der Waals surface area contributed by atoms with Crippen LogP contribution in [0.1, 0.15) is 40.7 Å². The Kier molecular flexibility index (Phi) is 4.82. The Bertz CT molecular complexity index is 976. The molecule has 2 aromatic carbocycles. The molecule has 2 amide bonds. The zero-order valence-corrected chi connectivity index (χ0v) is 17.0. The van der Waals surface area contributed by atoms with E-state index in [4.69, 9.17) is 14.2 Å². The average molecular weight is 396 g/mol. The van der Waals surface area contributed by atoms with Gasteiger partial charge in [0.2, 0.25) is 11.7 Å². The number of amides is 2. The van der Waals surface area contributed by atoms with E-state index >= 15 is 0 Å². The van der Waals surface area contributed by atoms with E-state index in [1.54, 1.807) is 12.1 Å². The van der Waals surface area contributed by atoms with Crippen LogP contribution in [0.3, 0.4) is 0 Å². The van der Waals surface area contributed by atoms with Gasteiger partial charge in [-0.25, -0.2) is 0 Å². The van der Waals surface area contributed by atoms with Crippen molar-refractivity contribution < 1.29 is 23.8 Å². The summed E-state index contributed by atoms with van der Waals surface area (Å²) in [4.78, 5) is 27.3. The van der Waals surface area contributed by atoms with Gasteiger partial charge >= 0.3 is 0 Å². The molecular weight excluding hydrogens is 372 g/mol. The summed E-state index contributed by atoms with van der Waals surface area (Å²) in [5, 5.41) is 2.96. The number of benzene rings is 2. The second kappa shape index (κ2) is 7.31. The fraction of sp³-hybridized carbons (Fsp3) is 0.364. The van der Waals surface area contributed by atoms with Crippen molar-refractivity contribution in [3.63, 3.8) is 0 Å². The standard InChI is InChI=1S/C22H24N2O5/c1-12-16-11-15(8-13-6-5-7-24(19(13)16)22(12)26)23-21(25)14-9-17(27-2)20(29-4)18(10-14)28-3/h8-12H,5-7H2,1-4H3,(H,23,25)/t12-/m0/s1. The largest absolute Gasteiger partial charge is 0.493 e. The maximum atomic E-state index is 12.9. The quantitative estimate of drug-likeness (QED) is 0.839. The molecule has 7 nitrogen and oxygen atoms in total. The van der Waals surface area contributed by atoms with Gasteiger partial charge in [0, 0.05) is 17.8 Å². The molecule has 0 saturated carbocycles. The third kappa shape index (κ3) is 3.06. The number of hydrogen-bond acceptors (Lipinski definition) is 5. The number of ether oxygens (including phenoxy) is 3. The van der Waals surface area contributed by atoms with Crippen molar-refractivity contribution in [2.45, 2.75) is 25.7 Å². The summed E-state index contributed by atoms with van der Waals surface area (Å²) in [7, 11) is 4.53. The van der Waals surface area contributed by atoms with E-state index < -0.39 is 0 Å². The molecule has 2 aromatic rings. The van der Waals surface area contributed by atoms with E-state index in [1.807, 2.05) is 24.0 Å². The first-order chi connectivity index (χ1) is 14.0. The van der Waals surface area contributed by atoms with E-state index in [-0.39, 0.29) is 17.7 Å². The summed E-state index contributed by atoms with van der Waals surface area (Å²) in [6.45, 7) is 2.68. The number of carbonyl (C=O) groups excluding carboxylic acids is 2. The lowest BCUT2D eigenvalue weighted by atomic mass is 9.96. The number of nitrogens with zero attached hydrogens (tertiary/aromatic N) is 1. The molecule has 1 N–H and O–H groups in total. The van der Waals surface area contributed by atoms with Crippen LogP contribution < -0.4 is 24.4 Å². The van der Waals surface area contributed by atoms with E-state index in [9.17, 15) is 9.59 Å². The minimum absolute atomic E-state index is 0.133. The molecule has 2 aliphatic rings. The van der Waals surface area contributed by atoms with Crippen LogP contribution >= 0.6 is 0 Å². The van der Waals surface area contributed by atoms with Crippen LogP contribution in [-0.4, -0.2) is 39.7 Å². The van der Waals surface area contributed by atoms with Gasteiger partial charge in [-0.3, -0.25) is 9.59 Å². The van der Waals surface area contributed by atoms with Crippen molar-refractivity contribution >= 4 is 23.2 Å². The predicted molar refractivity (Wildman–Crippen MR) is 110 cm³/mol. The average Bonchev–Trinajstić information content (AvgIpc) is 2.98. The highest BCUT2D eigenvalue weighted by molar-refractivity contribution is 6.08. The van der Waals surface area contributed by atoms with Crippen molar-refractivity contribution in [2.24, 2.45) is 0 Å². The molecule has 0 fully saturated rings. The van der Waals surface area contributed by atoms with E-state index in [2.05, 4.69) is 5.32 Å². The van der Waals surface area contributed by atoms with Crippen molar-refractivity contribution in [3.8, 4) is 17.2 Å². The zero-order chi connectivity index (χ0) is 20.7. The Hall–Kier alpha value is -3.22. The topological polar surface area (TPSA) is 77.1 Å². The van der Waals surface area contributed by atoms with Crippen LogP contribution in [0.5, 0.6) is 17.2 Å². The van der Waals surface area contributed by atoms with E-state index in [1.165, 1.54) is 21.3 Å². The van der Waals surface area contributed by atoms with Crippen LogP contribution in [0.4, 0.5) is 11.4 Å². The molecular formula is C22H24N2O5. The van der Waals surface area contributed by atoms with Crippen LogP contribution in [0.15, 0.2) is 24.3 Å². The van der Waals surface area contributed by atoms with Gasteiger partial charge in [0.05, 0.1) is 32.9 Å². The minimum Gasteiger partial charge on any atom is -0.493 e. The number of aryl methyl sites for hydroxylation is 1. The first-order valence-corrected chi connectivity index (χ1v) is 9.58. The molecule has 0 aliphatic carbocycles. The molecule has 1 atom stereocenters. The molecule has 2 heterocycles. The minimum atomic E-state index is -0.291. The van der Waals surface area contributed by atoms with Crippen LogP contribution in [0, 0.1) is 0 Å². The van der Waals surface area contributed by atoms with Gasteiger partial charge in [-0.15, -0.1) is 0 Å². The summed E-state index contributed by atoms with van der Waals surface area (Å²) >= 11 is 0. The zero-order valence-electron chi connectivity index (χ0n) is 17.0. The Morgan fingerprint density at radius 2 is 1.76 bits per heavy atom. The molecule has 0 unspecified atom stereocenters. The Morgan fingerprint density at radius 1 is 1.07 bits per heavy atom. The summed E-state index contributed by atoms with van der Waals surface area (Å²) in [5.41, 5.74) is 4.18. The van der Waals surface area contributed by atoms with Gasteiger partial charge in [-0.05, 0) is 55.2 Å². The summed E-state index contributed by atoms with van der Waals surface area (Å²) in [5.74, 6) is 0.905. The molecule has 4 rings (SSSR count). The second-order valence-electron chi connectivity index (χ2n) is 7.26. The van der Waals surface area contributed by atoms with Crippen molar-refractivity contribution in [2.75, 3.05) is 38.1 Å². The maximum absolute atomic E-state index is 12.9. The van der Waals surface area contributed by atoms with Gasteiger partial charge in [0.15, 0.2) is 11.5 Å². The molecule has 0 radical (unpaired) electrons. The SMILES string of the molecule is COc1cc(C(=O)Nc2cc3c4c(c2)[C@H](C)C(=O)N4CCC3)cc(OC)c1OC. The Balaban J connectivity index is 1.68. The summed E-state index contributed by atoms with van der Waals surface area (Å²) < 4.78 is 16.0. The van der Waals surface area contributed by atoms with Crippen LogP contribution in [-0.2, 0) is 11.2 Å². The molecule has 0 aromatic heterocycles. The third-order valence-corrected chi connectivity index (χ3v) is 5.60. The molecule has 29 heavy (non-hydrogen) atoms. The second-order valence-corrected chi connectivity index (χ2v) is 7.26. The molecule has 0 bridgehead atoms. The molecule has 7 heteroatoms. The number of rotatable bonds is 5. The highest BCUT2D eigenvalue weighted by Crippen LogP contribution is 2.44. The van der Waals surface area contributed by atoms with Crippen LogP contribution in [0.25, 0.3) is 0 Å². The Morgan fingerprint density at radius 3 is 2.38 bits per heavy atom. The lowest BCUT2D eigenvalue weighted by molar-refractivity contribution is -0.119. The highest BCUT2D eigenvalue weighted by Gasteiger charge is 2.38. The fourth-order valence-corrected chi connectivity index (χ4v) is 4.18. The first-order valence-electron chi connectivity index (χ1n) is 9.58. The number of methoxy groups -OCH3 is 3. The van der Waals surface area contributed by atoms with E-state index in [0.717, 1.165) is 36.2 Å². The third-order valence-electron chi connectivity index (χ3n) is 5.60. The maximum Gasteiger partial charge on any atom is 0.255 e. The number of hydrogen-bond donors (Lipinski definition) is 1. The first kappa shape index (κ1) is 19.1. The number of anilines is 2.